The SMILES string of the molecule is CN[C@H](C(=O)N[C@H](C(=O)N(C)[C@H](C=C(C)C(=O)NS(=O)(=O)c1ccc(C2(NC(=O)[C@H](CCCNC(N)=O)NC(=O)[C@@H](N)C(C)C)CC2)cc1)C(C)C)C(C)(C)C)C(C)(C)c1ccccc1. The van der Waals surface area contributed by atoms with E-state index < -0.39 is 80.4 Å². The summed E-state index contributed by atoms with van der Waals surface area (Å²) in [6.07, 6.45) is 3.19. The van der Waals surface area contributed by atoms with Crippen molar-refractivity contribution in [3.8, 4) is 0 Å². The Labute approximate surface area is 385 Å². The number of benzene rings is 2. The van der Waals surface area contributed by atoms with Gasteiger partial charge in [-0.1, -0.05) is 111 Å². The molecule has 1 saturated carbocycles. The first-order valence-electron chi connectivity index (χ1n) is 22.2. The molecule has 1 aliphatic rings. The van der Waals surface area contributed by atoms with Gasteiger partial charge in [0.15, 0.2) is 0 Å². The standard InChI is InChI=1S/C47H73N9O8S/c1-28(2)35(56(12)43(61)38(45(6,7)8)53-42(60)37(50-11)46(9,10)31-17-14-13-15-18-31)27-30(5)39(57)55-65(63,64)33-22-20-32(21-23-33)47(24-25-47)54-40(58)34(19-16-26-51-44(49)62)52-41(59)36(48)29(3)4/h13-15,17-18,20-23,27-29,34-38,50H,16,19,24-26,48H2,1-12H3,(H,52,59)(H,53,60)(H,54,58)(H,55,57)(H3,49,51,62)/t34-,35+,36-,37+,38+/m0/s1. The second-order valence-electron chi connectivity index (χ2n) is 19.4. The molecule has 360 valence electrons. The topological polar surface area (TPSA) is 264 Å². The average molecular weight is 924 g/mol. The van der Waals surface area contributed by atoms with Crippen molar-refractivity contribution >= 4 is 45.6 Å². The zero-order chi connectivity index (χ0) is 49.2. The highest BCUT2D eigenvalue weighted by Gasteiger charge is 2.47. The highest BCUT2D eigenvalue weighted by Crippen LogP contribution is 2.45. The number of nitrogens with two attached hydrogens (primary N) is 2. The molecule has 0 radical (unpaired) electrons. The molecule has 0 saturated heterocycles. The number of nitrogens with zero attached hydrogens (tertiary/aromatic N) is 1. The highest BCUT2D eigenvalue weighted by molar-refractivity contribution is 7.90. The zero-order valence-electron chi connectivity index (χ0n) is 40.1. The van der Waals surface area contributed by atoms with Crippen LogP contribution in [0.25, 0.3) is 0 Å². The average Bonchev–Trinajstić information content (AvgIpc) is 4.01. The van der Waals surface area contributed by atoms with Crippen molar-refractivity contribution in [1.29, 1.82) is 0 Å². The lowest BCUT2D eigenvalue weighted by Crippen LogP contribution is -2.61. The van der Waals surface area contributed by atoms with Crippen molar-refractivity contribution in [2.24, 2.45) is 28.7 Å². The maximum Gasteiger partial charge on any atom is 0.312 e. The van der Waals surface area contributed by atoms with Gasteiger partial charge in [-0.2, -0.15) is 0 Å². The summed E-state index contributed by atoms with van der Waals surface area (Å²) in [6, 6.07) is 10.6. The van der Waals surface area contributed by atoms with E-state index >= 15 is 0 Å². The molecule has 18 heteroatoms. The Morgan fingerprint density at radius 2 is 1.42 bits per heavy atom. The van der Waals surface area contributed by atoms with Gasteiger partial charge >= 0.3 is 6.03 Å². The molecule has 0 unspecified atom stereocenters. The highest BCUT2D eigenvalue weighted by atomic mass is 32.2. The Kier molecular flexibility index (Phi) is 18.5. The van der Waals surface area contributed by atoms with Gasteiger partial charge in [0.1, 0.15) is 12.1 Å². The van der Waals surface area contributed by atoms with E-state index in [0.29, 0.717) is 24.8 Å². The van der Waals surface area contributed by atoms with Gasteiger partial charge in [0.2, 0.25) is 23.6 Å². The molecule has 3 rings (SSSR count). The maximum absolute atomic E-state index is 14.3. The van der Waals surface area contributed by atoms with E-state index in [4.69, 9.17) is 11.5 Å². The van der Waals surface area contributed by atoms with Crippen LogP contribution in [0.1, 0.15) is 106 Å². The van der Waals surface area contributed by atoms with Gasteiger partial charge in [0.05, 0.1) is 28.6 Å². The first kappa shape index (κ1) is 54.0. The van der Waals surface area contributed by atoms with Crippen molar-refractivity contribution in [1.82, 2.24) is 36.2 Å². The first-order valence-corrected chi connectivity index (χ1v) is 23.6. The maximum atomic E-state index is 14.3. The largest absolute Gasteiger partial charge is 0.352 e. The number of rotatable bonds is 22. The number of likely N-dealkylation sites (N-methyl/N-ethyl adjacent to an activating group) is 2. The van der Waals surface area contributed by atoms with Crippen LogP contribution in [0.5, 0.6) is 0 Å². The number of nitrogens with one attached hydrogen (secondary N) is 6. The first-order chi connectivity index (χ1) is 30.1. The molecule has 10 N–H and O–H groups in total. The summed E-state index contributed by atoms with van der Waals surface area (Å²) in [7, 11) is -1.07. The minimum atomic E-state index is -4.37. The zero-order valence-corrected chi connectivity index (χ0v) is 40.9. The lowest BCUT2D eigenvalue weighted by molar-refractivity contribution is -0.141. The quantitative estimate of drug-likeness (QED) is 0.0632. The van der Waals surface area contributed by atoms with E-state index in [1.165, 1.54) is 24.0 Å². The summed E-state index contributed by atoms with van der Waals surface area (Å²) >= 11 is 0. The molecule has 1 fully saturated rings. The van der Waals surface area contributed by atoms with Crippen LogP contribution in [-0.2, 0) is 44.9 Å². The second-order valence-corrected chi connectivity index (χ2v) is 21.1. The number of sulfonamides is 1. The molecule has 0 heterocycles. The Balaban J connectivity index is 1.76. The normalized spacial score (nSPS) is 16.3. The second kappa shape index (κ2) is 22.2. The van der Waals surface area contributed by atoms with Crippen LogP contribution in [0.4, 0.5) is 4.79 Å². The molecule has 2 aromatic carbocycles. The van der Waals surface area contributed by atoms with Crippen LogP contribution in [0.2, 0.25) is 0 Å². The molecule has 2 aromatic rings. The summed E-state index contributed by atoms with van der Waals surface area (Å²) in [5.41, 5.74) is 10.7. The van der Waals surface area contributed by atoms with E-state index in [0.717, 1.165) is 5.56 Å². The van der Waals surface area contributed by atoms with Crippen LogP contribution >= 0.6 is 0 Å². The van der Waals surface area contributed by atoms with Crippen molar-refractivity contribution < 1.29 is 37.2 Å². The summed E-state index contributed by atoms with van der Waals surface area (Å²) in [4.78, 5) is 80.7. The number of primary amides is 1. The molecule has 17 nitrogen and oxygen atoms in total. The number of carbonyl (C=O) groups excluding carboxylic acids is 6. The van der Waals surface area contributed by atoms with Crippen molar-refractivity contribution in [2.45, 2.75) is 141 Å². The molecular formula is C47H73N9O8S. The number of carbonyl (C=O) groups is 6. The minimum Gasteiger partial charge on any atom is -0.352 e. The monoisotopic (exact) mass is 924 g/mol. The van der Waals surface area contributed by atoms with E-state index in [1.807, 2.05) is 78.8 Å². The van der Waals surface area contributed by atoms with Crippen molar-refractivity contribution in [3.63, 3.8) is 0 Å². The number of hydrogen-bond donors (Lipinski definition) is 8. The van der Waals surface area contributed by atoms with Gasteiger partial charge in [-0.05, 0) is 80.2 Å². The molecule has 0 aliphatic heterocycles. The fourth-order valence-electron chi connectivity index (χ4n) is 7.67. The van der Waals surface area contributed by atoms with Gasteiger partial charge < -0.3 is 43.0 Å². The minimum absolute atomic E-state index is 0.0563. The van der Waals surface area contributed by atoms with Crippen LogP contribution in [0, 0.1) is 17.3 Å². The molecule has 7 amide bonds. The van der Waals surface area contributed by atoms with E-state index in [9.17, 15) is 37.2 Å². The van der Waals surface area contributed by atoms with Crippen LogP contribution in [0.3, 0.4) is 0 Å². The number of urea groups is 1. The number of amides is 7. The van der Waals surface area contributed by atoms with E-state index in [1.54, 1.807) is 46.2 Å². The fraction of sp³-hybridized carbons (Fsp3) is 0.574. The Morgan fingerprint density at radius 1 is 0.831 bits per heavy atom. The third kappa shape index (κ3) is 14.3. The van der Waals surface area contributed by atoms with Gasteiger partial charge in [0, 0.05) is 24.6 Å². The molecular weight excluding hydrogens is 851 g/mol. The lowest BCUT2D eigenvalue weighted by Gasteiger charge is -2.40. The van der Waals surface area contributed by atoms with Crippen LogP contribution in [0.15, 0.2) is 71.1 Å². The third-order valence-corrected chi connectivity index (χ3v) is 13.5. The molecule has 5 atom stereocenters. The molecule has 1 aliphatic carbocycles. The van der Waals surface area contributed by atoms with Crippen molar-refractivity contribution in [3.05, 3.63) is 77.4 Å². The van der Waals surface area contributed by atoms with Gasteiger partial charge in [-0.3, -0.25) is 24.0 Å². The summed E-state index contributed by atoms with van der Waals surface area (Å²) < 4.78 is 29.2. The van der Waals surface area contributed by atoms with Crippen LogP contribution < -0.4 is 42.8 Å². The van der Waals surface area contributed by atoms with E-state index in [-0.39, 0.29) is 47.1 Å². The predicted molar refractivity (Wildman–Crippen MR) is 251 cm³/mol. The third-order valence-electron chi connectivity index (χ3n) is 12.1. The number of hydrogen-bond acceptors (Lipinski definition) is 10. The molecule has 65 heavy (non-hydrogen) atoms. The Bertz CT molecular complexity index is 2150. The van der Waals surface area contributed by atoms with Crippen LogP contribution in [-0.4, -0.2) is 99.7 Å². The van der Waals surface area contributed by atoms with E-state index in [2.05, 4.69) is 31.3 Å². The fourth-order valence-corrected chi connectivity index (χ4v) is 8.69. The summed E-state index contributed by atoms with van der Waals surface area (Å²) in [6.45, 7) is 18.5. The predicted octanol–water partition coefficient (Wildman–Crippen LogP) is 3.04. The lowest BCUT2D eigenvalue weighted by atomic mass is 9.76. The molecule has 0 bridgehead atoms. The smallest absolute Gasteiger partial charge is 0.312 e. The van der Waals surface area contributed by atoms with Gasteiger partial charge in [-0.15, -0.1) is 0 Å². The molecule has 0 aromatic heterocycles. The summed E-state index contributed by atoms with van der Waals surface area (Å²) in [5.74, 6) is -2.97. The molecule has 0 spiro atoms. The summed E-state index contributed by atoms with van der Waals surface area (Å²) in [5, 5.41) is 14.4. The van der Waals surface area contributed by atoms with Gasteiger partial charge in [0.25, 0.3) is 15.9 Å². The van der Waals surface area contributed by atoms with Crippen molar-refractivity contribution in [2.75, 3.05) is 20.6 Å². The Hall–Kier alpha value is -5.33. The van der Waals surface area contributed by atoms with Gasteiger partial charge in [-0.25, -0.2) is 17.9 Å². The Morgan fingerprint density at radius 3 is 1.91 bits per heavy atom.